The first-order valence-corrected chi connectivity index (χ1v) is 13.4. The lowest BCUT2D eigenvalue weighted by atomic mass is 10.1. The van der Waals surface area contributed by atoms with Crippen LogP contribution in [0.1, 0.15) is 11.3 Å². The number of anilines is 3. The highest BCUT2D eigenvalue weighted by atomic mass is 79.9. The van der Waals surface area contributed by atoms with E-state index in [1.807, 2.05) is 12.1 Å². The topological polar surface area (TPSA) is 124 Å². The molecule has 2 aromatic carbocycles. The third kappa shape index (κ3) is 6.63. The van der Waals surface area contributed by atoms with Gasteiger partial charge in [0.05, 0.1) is 60.4 Å². The van der Waals surface area contributed by atoms with Crippen molar-refractivity contribution in [2.75, 3.05) is 43.5 Å². The Hall–Kier alpha value is -3.34. The maximum Gasteiger partial charge on any atom is 0.141 e. The Morgan fingerprint density at radius 2 is 2.03 bits per heavy atom. The van der Waals surface area contributed by atoms with Gasteiger partial charge in [0.15, 0.2) is 0 Å². The summed E-state index contributed by atoms with van der Waals surface area (Å²) in [6.07, 6.45) is 2.72. The molecule has 0 aliphatic carbocycles. The second kappa shape index (κ2) is 12.2. The number of nitrogens with one attached hydrogen (secondary N) is 2. The van der Waals surface area contributed by atoms with E-state index in [0.717, 1.165) is 23.2 Å². The number of hydrogen-bond donors (Lipinski definition) is 3. The molecule has 1 aliphatic rings. The number of morpholine rings is 1. The molecule has 1 saturated heterocycles. The minimum atomic E-state index is -0.564. The SMILES string of the molecule is N#Cc1cnc2c(Br)cc(NCc3cn(CC(O)CN4CCOCC4)nn3)cc2c1Nc1ccc(F)c(Cl)c1. The lowest BCUT2D eigenvalue weighted by molar-refractivity contribution is 0.0107. The summed E-state index contributed by atoms with van der Waals surface area (Å²) in [6.45, 7) is 4.28. The molecule has 3 N–H and O–H groups in total. The van der Waals surface area contributed by atoms with E-state index in [-0.39, 0.29) is 5.02 Å². The predicted octanol–water partition coefficient (Wildman–Crippen LogP) is 4.30. The van der Waals surface area contributed by atoms with Crippen LogP contribution in [-0.4, -0.2) is 68.9 Å². The van der Waals surface area contributed by atoms with Gasteiger partial charge in [0.2, 0.25) is 0 Å². The van der Waals surface area contributed by atoms with E-state index >= 15 is 0 Å². The summed E-state index contributed by atoms with van der Waals surface area (Å²) >= 11 is 9.53. The highest BCUT2D eigenvalue weighted by Crippen LogP contribution is 2.35. The molecule has 1 atom stereocenters. The zero-order chi connectivity index (χ0) is 27.4. The van der Waals surface area contributed by atoms with E-state index < -0.39 is 11.9 Å². The molecule has 5 rings (SSSR count). The molecule has 0 saturated carbocycles. The Labute approximate surface area is 237 Å². The van der Waals surface area contributed by atoms with Crippen molar-refractivity contribution < 1.29 is 14.2 Å². The van der Waals surface area contributed by atoms with E-state index in [1.54, 1.807) is 16.9 Å². The average molecular weight is 616 g/mol. The minimum absolute atomic E-state index is 0.0259. The zero-order valence-electron chi connectivity index (χ0n) is 20.7. The van der Waals surface area contributed by atoms with Gasteiger partial charge >= 0.3 is 0 Å². The van der Waals surface area contributed by atoms with Crippen LogP contribution < -0.4 is 10.6 Å². The maximum atomic E-state index is 13.7. The van der Waals surface area contributed by atoms with Crippen LogP contribution in [0.4, 0.5) is 21.5 Å². The fourth-order valence-electron chi connectivity index (χ4n) is 4.36. The van der Waals surface area contributed by atoms with Crippen molar-refractivity contribution in [3.05, 3.63) is 69.3 Å². The number of aliphatic hydroxyl groups excluding tert-OH is 1. The smallest absolute Gasteiger partial charge is 0.141 e. The second-order valence-corrected chi connectivity index (χ2v) is 10.4. The van der Waals surface area contributed by atoms with Gasteiger partial charge in [-0.05, 0) is 46.3 Å². The van der Waals surface area contributed by atoms with Crippen molar-refractivity contribution in [1.82, 2.24) is 24.9 Å². The van der Waals surface area contributed by atoms with E-state index in [0.29, 0.717) is 66.4 Å². The van der Waals surface area contributed by atoms with Crippen LogP contribution in [0.5, 0.6) is 0 Å². The van der Waals surface area contributed by atoms with Crippen molar-refractivity contribution in [3.8, 4) is 6.07 Å². The van der Waals surface area contributed by atoms with Crippen molar-refractivity contribution in [2.24, 2.45) is 0 Å². The Kier molecular flexibility index (Phi) is 8.54. The fourth-order valence-corrected chi connectivity index (χ4v) is 5.10. The number of nitrogens with zero attached hydrogens (tertiary/aromatic N) is 6. The third-order valence-corrected chi connectivity index (χ3v) is 7.16. The normalized spacial score (nSPS) is 14.7. The lowest BCUT2D eigenvalue weighted by Gasteiger charge is -2.28. The summed E-state index contributed by atoms with van der Waals surface area (Å²) in [4.78, 5) is 6.61. The molecular weight excluding hydrogens is 591 g/mol. The summed E-state index contributed by atoms with van der Waals surface area (Å²) in [5.74, 6) is -0.528. The molecule has 1 aliphatic heterocycles. The quantitative estimate of drug-likeness (QED) is 0.253. The van der Waals surface area contributed by atoms with Crippen LogP contribution in [-0.2, 0) is 17.8 Å². The molecule has 0 radical (unpaired) electrons. The number of rotatable bonds is 9. The first-order valence-electron chi connectivity index (χ1n) is 12.2. The van der Waals surface area contributed by atoms with Gasteiger partial charge in [0.25, 0.3) is 0 Å². The Morgan fingerprint density at radius 1 is 1.21 bits per heavy atom. The summed E-state index contributed by atoms with van der Waals surface area (Å²) in [6, 6.07) is 10.2. The molecule has 0 spiro atoms. The number of aliphatic hydroxyl groups is 1. The fraction of sp³-hybridized carbons (Fsp3) is 0.308. The summed E-state index contributed by atoms with van der Waals surface area (Å²) < 4.78 is 21.4. The van der Waals surface area contributed by atoms with E-state index in [4.69, 9.17) is 16.3 Å². The van der Waals surface area contributed by atoms with Crippen LogP contribution in [0.25, 0.3) is 10.9 Å². The van der Waals surface area contributed by atoms with Crippen molar-refractivity contribution >= 4 is 55.5 Å². The third-order valence-electron chi connectivity index (χ3n) is 6.26. The molecule has 13 heteroatoms. The Bertz CT molecular complexity index is 1520. The van der Waals surface area contributed by atoms with Gasteiger partial charge in [0.1, 0.15) is 17.6 Å². The highest BCUT2D eigenvalue weighted by molar-refractivity contribution is 9.10. The van der Waals surface area contributed by atoms with Crippen molar-refractivity contribution in [3.63, 3.8) is 0 Å². The van der Waals surface area contributed by atoms with Crippen molar-refractivity contribution in [2.45, 2.75) is 19.2 Å². The molecule has 4 aromatic rings. The van der Waals surface area contributed by atoms with E-state index in [2.05, 4.69) is 52.8 Å². The first-order chi connectivity index (χ1) is 18.9. The second-order valence-electron chi connectivity index (χ2n) is 9.12. The molecule has 0 amide bonds. The lowest BCUT2D eigenvalue weighted by Crippen LogP contribution is -2.42. The molecular formula is C26H25BrClFN8O2. The van der Waals surface area contributed by atoms with Crippen LogP contribution in [0.2, 0.25) is 5.02 Å². The predicted molar refractivity (Wildman–Crippen MR) is 149 cm³/mol. The number of aromatic nitrogens is 4. The monoisotopic (exact) mass is 614 g/mol. The number of hydrogen-bond acceptors (Lipinski definition) is 9. The van der Waals surface area contributed by atoms with Crippen LogP contribution in [0.15, 0.2) is 47.2 Å². The summed E-state index contributed by atoms with van der Waals surface area (Å²) in [7, 11) is 0. The largest absolute Gasteiger partial charge is 0.390 e. The zero-order valence-corrected chi connectivity index (χ0v) is 23.1. The number of halogens is 3. The molecule has 3 heterocycles. The molecule has 10 nitrogen and oxygen atoms in total. The number of fused-ring (bicyclic) bond motifs is 1. The number of benzene rings is 2. The van der Waals surface area contributed by atoms with E-state index in [9.17, 15) is 14.8 Å². The van der Waals surface area contributed by atoms with Crippen LogP contribution in [0.3, 0.4) is 0 Å². The van der Waals surface area contributed by atoms with Gasteiger partial charge in [0, 0.05) is 47.1 Å². The number of ether oxygens (including phenoxy) is 1. The van der Waals surface area contributed by atoms with Crippen LogP contribution in [0, 0.1) is 17.1 Å². The molecule has 1 unspecified atom stereocenters. The molecule has 39 heavy (non-hydrogen) atoms. The number of β-amino-alcohol motifs (C(OH)–C–C–N with tert-alkyl or cyclic N) is 1. The maximum absolute atomic E-state index is 13.7. The number of pyridine rings is 1. The minimum Gasteiger partial charge on any atom is -0.390 e. The van der Waals surface area contributed by atoms with E-state index in [1.165, 1.54) is 18.3 Å². The standard InChI is InChI=1S/C26H25BrClFN8O2/c27-22-8-18(31-12-19-13-37(35-34-19)15-20(38)14-36-3-5-39-6-4-36)7-21-25(16(10-30)11-32-26(21)22)33-17-1-2-24(29)23(28)9-17/h1-2,7-9,11,13,20,31,38H,3-6,12,14-15H2,(H,32,33). The Balaban J connectivity index is 1.31. The van der Waals surface area contributed by atoms with Gasteiger partial charge in [-0.2, -0.15) is 5.26 Å². The summed E-state index contributed by atoms with van der Waals surface area (Å²) in [5.41, 5.74) is 3.49. The van der Waals surface area contributed by atoms with Gasteiger partial charge in [-0.15, -0.1) is 5.10 Å². The Morgan fingerprint density at radius 3 is 2.79 bits per heavy atom. The average Bonchev–Trinajstić information content (AvgIpc) is 3.37. The molecule has 202 valence electrons. The van der Waals surface area contributed by atoms with Crippen LogP contribution >= 0.6 is 27.5 Å². The molecule has 1 fully saturated rings. The van der Waals surface area contributed by atoms with Crippen molar-refractivity contribution in [1.29, 1.82) is 5.26 Å². The van der Waals surface area contributed by atoms with Gasteiger partial charge < -0.3 is 20.5 Å². The highest BCUT2D eigenvalue weighted by Gasteiger charge is 2.17. The van der Waals surface area contributed by atoms with Gasteiger partial charge in [-0.25, -0.2) is 9.07 Å². The van der Waals surface area contributed by atoms with Gasteiger partial charge in [-0.1, -0.05) is 16.8 Å². The summed E-state index contributed by atoms with van der Waals surface area (Å²) in [5, 5.41) is 35.7. The number of nitriles is 1. The first kappa shape index (κ1) is 27.2. The molecule has 0 bridgehead atoms. The van der Waals surface area contributed by atoms with Gasteiger partial charge in [-0.3, -0.25) is 9.88 Å². The molecule has 2 aromatic heterocycles.